The van der Waals surface area contributed by atoms with Gasteiger partial charge in [0.15, 0.2) is 11.5 Å². The maximum Gasteiger partial charge on any atom is 0.231 e. The zero-order chi connectivity index (χ0) is 11.8. The lowest BCUT2D eigenvalue weighted by Gasteiger charge is -2.31. The number of likely N-dealkylation sites (N-methyl/N-ethyl adjacent to an activating group) is 1. The van der Waals surface area contributed by atoms with Gasteiger partial charge < -0.3 is 20.5 Å². The fourth-order valence-corrected chi connectivity index (χ4v) is 1.68. The largest absolute Gasteiger partial charge is 0.454 e. The first-order chi connectivity index (χ1) is 7.54. The van der Waals surface area contributed by atoms with Gasteiger partial charge in [0, 0.05) is 11.6 Å². The molecule has 1 aliphatic rings. The van der Waals surface area contributed by atoms with Crippen molar-refractivity contribution >= 4 is 0 Å². The van der Waals surface area contributed by atoms with Crippen LogP contribution in [-0.2, 0) is 0 Å². The van der Waals surface area contributed by atoms with Crippen molar-refractivity contribution in [1.29, 1.82) is 0 Å². The highest BCUT2D eigenvalue weighted by Crippen LogP contribution is 2.35. The molecule has 1 unspecified atom stereocenters. The summed E-state index contributed by atoms with van der Waals surface area (Å²) < 4.78 is 10.6. The van der Waals surface area contributed by atoms with Gasteiger partial charge in [-0.1, -0.05) is 6.07 Å². The van der Waals surface area contributed by atoms with Gasteiger partial charge in [0.1, 0.15) is 0 Å². The molecular formula is C12H18N2O2. The summed E-state index contributed by atoms with van der Waals surface area (Å²) in [7, 11) is 1.91. The van der Waals surface area contributed by atoms with E-state index in [9.17, 15) is 0 Å². The molecule has 1 atom stereocenters. The number of rotatable bonds is 3. The van der Waals surface area contributed by atoms with Crippen molar-refractivity contribution in [3.63, 3.8) is 0 Å². The number of hydrogen-bond donors (Lipinski definition) is 2. The van der Waals surface area contributed by atoms with Crippen LogP contribution < -0.4 is 20.5 Å². The molecular weight excluding hydrogens is 204 g/mol. The van der Waals surface area contributed by atoms with Gasteiger partial charge in [0.2, 0.25) is 6.79 Å². The molecule has 0 saturated heterocycles. The second-order valence-corrected chi connectivity index (χ2v) is 4.56. The second-order valence-electron chi connectivity index (χ2n) is 4.56. The van der Waals surface area contributed by atoms with Crippen LogP contribution in [0.5, 0.6) is 11.5 Å². The van der Waals surface area contributed by atoms with E-state index in [4.69, 9.17) is 15.2 Å². The molecule has 0 radical (unpaired) electrons. The molecule has 0 bridgehead atoms. The molecule has 88 valence electrons. The maximum atomic E-state index is 6.22. The Morgan fingerprint density at radius 1 is 1.31 bits per heavy atom. The van der Waals surface area contributed by atoms with Crippen LogP contribution in [0.15, 0.2) is 18.2 Å². The predicted molar refractivity (Wildman–Crippen MR) is 62.6 cm³/mol. The molecule has 2 rings (SSSR count). The van der Waals surface area contributed by atoms with E-state index in [2.05, 4.69) is 19.2 Å². The number of nitrogens with two attached hydrogens (primary N) is 1. The Morgan fingerprint density at radius 3 is 2.69 bits per heavy atom. The first-order valence-electron chi connectivity index (χ1n) is 5.38. The average molecular weight is 222 g/mol. The third kappa shape index (κ3) is 1.86. The van der Waals surface area contributed by atoms with E-state index in [1.165, 1.54) is 0 Å². The highest BCUT2D eigenvalue weighted by molar-refractivity contribution is 5.45. The van der Waals surface area contributed by atoms with Gasteiger partial charge in [-0.3, -0.25) is 0 Å². The van der Waals surface area contributed by atoms with Crippen LogP contribution in [0.2, 0.25) is 0 Å². The van der Waals surface area contributed by atoms with Crippen molar-refractivity contribution < 1.29 is 9.47 Å². The van der Waals surface area contributed by atoms with Crippen LogP contribution in [0.25, 0.3) is 0 Å². The zero-order valence-electron chi connectivity index (χ0n) is 9.91. The minimum atomic E-state index is -0.159. The van der Waals surface area contributed by atoms with E-state index < -0.39 is 0 Å². The highest BCUT2D eigenvalue weighted by atomic mass is 16.7. The smallest absolute Gasteiger partial charge is 0.231 e. The highest BCUT2D eigenvalue weighted by Gasteiger charge is 2.27. The van der Waals surface area contributed by atoms with Crippen molar-refractivity contribution in [2.75, 3.05) is 13.8 Å². The van der Waals surface area contributed by atoms with Gasteiger partial charge >= 0.3 is 0 Å². The monoisotopic (exact) mass is 222 g/mol. The van der Waals surface area contributed by atoms with E-state index in [0.29, 0.717) is 6.79 Å². The molecule has 1 aromatic rings. The van der Waals surface area contributed by atoms with Gasteiger partial charge in [0.05, 0.1) is 0 Å². The molecule has 1 aliphatic heterocycles. The molecule has 16 heavy (non-hydrogen) atoms. The minimum absolute atomic E-state index is 0.0907. The number of hydrogen-bond acceptors (Lipinski definition) is 4. The Labute approximate surface area is 95.7 Å². The van der Waals surface area contributed by atoms with Gasteiger partial charge in [0.25, 0.3) is 0 Å². The molecule has 0 aliphatic carbocycles. The summed E-state index contributed by atoms with van der Waals surface area (Å²) in [4.78, 5) is 0. The molecule has 0 fully saturated rings. The molecule has 0 saturated carbocycles. The summed E-state index contributed by atoms with van der Waals surface area (Å²) in [5, 5.41) is 3.21. The van der Waals surface area contributed by atoms with E-state index in [0.717, 1.165) is 17.1 Å². The fraction of sp³-hybridized carbons (Fsp3) is 0.500. The number of benzene rings is 1. The third-order valence-corrected chi connectivity index (χ3v) is 3.18. The molecule has 0 amide bonds. The van der Waals surface area contributed by atoms with Gasteiger partial charge in [-0.05, 0) is 38.6 Å². The lowest BCUT2D eigenvalue weighted by atomic mass is 9.89. The van der Waals surface area contributed by atoms with Gasteiger partial charge in [-0.15, -0.1) is 0 Å². The summed E-state index contributed by atoms with van der Waals surface area (Å²) in [6.45, 7) is 4.44. The first-order valence-corrected chi connectivity index (χ1v) is 5.38. The lowest BCUT2D eigenvalue weighted by Crippen LogP contribution is -2.46. The number of nitrogens with one attached hydrogen (secondary N) is 1. The molecule has 4 heteroatoms. The Bertz CT molecular complexity index is 391. The molecule has 1 heterocycles. The first kappa shape index (κ1) is 11.2. The van der Waals surface area contributed by atoms with E-state index in [1.807, 2.05) is 25.2 Å². The molecule has 0 spiro atoms. The van der Waals surface area contributed by atoms with E-state index in [1.54, 1.807) is 0 Å². The quantitative estimate of drug-likeness (QED) is 0.812. The topological polar surface area (TPSA) is 56.5 Å². The number of fused-ring (bicyclic) bond motifs is 1. The predicted octanol–water partition coefficient (Wildman–Crippen LogP) is 1.41. The van der Waals surface area contributed by atoms with Crippen molar-refractivity contribution in [2.24, 2.45) is 5.73 Å². The van der Waals surface area contributed by atoms with Crippen LogP contribution in [0, 0.1) is 0 Å². The summed E-state index contributed by atoms with van der Waals surface area (Å²) in [5.41, 5.74) is 7.10. The Balaban J connectivity index is 2.28. The Kier molecular flexibility index (Phi) is 2.78. The van der Waals surface area contributed by atoms with Crippen molar-refractivity contribution in [1.82, 2.24) is 5.32 Å². The summed E-state index contributed by atoms with van der Waals surface area (Å²) in [6, 6.07) is 5.75. The van der Waals surface area contributed by atoms with Crippen molar-refractivity contribution in [3.05, 3.63) is 23.8 Å². The van der Waals surface area contributed by atoms with Gasteiger partial charge in [-0.2, -0.15) is 0 Å². The minimum Gasteiger partial charge on any atom is -0.454 e. The summed E-state index contributed by atoms with van der Waals surface area (Å²) in [5.74, 6) is 1.57. The van der Waals surface area contributed by atoms with Crippen LogP contribution in [0.4, 0.5) is 0 Å². The van der Waals surface area contributed by atoms with E-state index >= 15 is 0 Å². The molecule has 4 nitrogen and oxygen atoms in total. The van der Waals surface area contributed by atoms with Crippen LogP contribution in [0.1, 0.15) is 25.5 Å². The SMILES string of the molecule is CNC(C)(C)C(N)c1ccc2c(c1)OCO2. The fourth-order valence-electron chi connectivity index (χ4n) is 1.68. The molecule has 0 aromatic heterocycles. The van der Waals surface area contributed by atoms with Crippen LogP contribution in [0.3, 0.4) is 0 Å². The lowest BCUT2D eigenvalue weighted by molar-refractivity contribution is 0.174. The van der Waals surface area contributed by atoms with Crippen LogP contribution >= 0.6 is 0 Å². The van der Waals surface area contributed by atoms with Crippen molar-refractivity contribution in [3.8, 4) is 11.5 Å². The second kappa shape index (κ2) is 3.96. The van der Waals surface area contributed by atoms with Crippen LogP contribution in [-0.4, -0.2) is 19.4 Å². The zero-order valence-corrected chi connectivity index (χ0v) is 9.91. The third-order valence-electron chi connectivity index (χ3n) is 3.18. The van der Waals surface area contributed by atoms with Crippen molar-refractivity contribution in [2.45, 2.75) is 25.4 Å². The standard InChI is InChI=1S/C12H18N2O2/c1-12(2,14-3)11(13)8-4-5-9-10(6-8)16-7-15-9/h4-6,11,14H,7,13H2,1-3H3. The summed E-state index contributed by atoms with van der Waals surface area (Å²) in [6.07, 6.45) is 0. The Hall–Kier alpha value is -1.26. The van der Waals surface area contributed by atoms with E-state index in [-0.39, 0.29) is 11.6 Å². The number of ether oxygens (including phenoxy) is 2. The summed E-state index contributed by atoms with van der Waals surface area (Å²) >= 11 is 0. The normalized spacial score (nSPS) is 16.2. The molecule has 3 N–H and O–H groups in total. The average Bonchev–Trinajstić information content (AvgIpc) is 2.74. The molecule has 1 aromatic carbocycles. The van der Waals surface area contributed by atoms with Gasteiger partial charge in [-0.25, -0.2) is 0 Å². The maximum absolute atomic E-state index is 6.22. The Morgan fingerprint density at radius 2 is 2.00 bits per heavy atom.